The summed E-state index contributed by atoms with van der Waals surface area (Å²) < 4.78 is 15.7. The average Bonchev–Trinajstić information content (AvgIpc) is 3.05. The molecule has 20 heavy (non-hydrogen) atoms. The van der Waals surface area contributed by atoms with Crippen molar-refractivity contribution in [2.75, 3.05) is 7.11 Å². The van der Waals surface area contributed by atoms with Gasteiger partial charge in [0.05, 0.1) is 13.2 Å². The first-order chi connectivity index (χ1) is 9.45. The molecule has 1 aromatic heterocycles. The second kappa shape index (κ2) is 4.18. The Morgan fingerprint density at radius 2 is 2.05 bits per heavy atom. The largest absolute Gasteiger partial charge is 0.497 e. The summed E-state index contributed by atoms with van der Waals surface area (Å²) in [5.74, 6) is 0.329. The fourth-order valence-corrected chi connectivity index (χ4v) is 2.30. The molecule has 104 valence electrons. The summed E-state index contributed by atoms with van der Waals surface area (Å²) in [7, 11) is 1.49. The first-order valence-electron chi connectivity index (χ1n) is 6.30. The molecule has 5 heteroatoms. The van der Waals surface area contributed by atoms with Gasteiger partial charge in [-0.05, 0) is 26.0 Å². The highest BCUT2D eigenvalue weighted by molar-refractivity contribution is 6.12. The quantitative estimate of drug-likeness (QED) is 0.487. The molecule has 0 amide bonds. The maximum absolute atomic E-state index is 12.6. The van der Waals surface area contributed by atoms with Crippen LogP contribution in [0.2, 0.25) is 0 Å². The Balaban J connectivity index is 2.23. The minimum atomic E-state index is -0.810. The van der Waals surface area contributed by atoms with Crippen LogP contribution in [0, 0.1) is 0 Å². The number of carbonyl (C=O) groups is 1. The summed E-state index contributed by atoms with van der Waals surface area (Å²) in [6.45, 7) is 3.60. The van der Waals surface area contributed by atoms with Crippen LogP contribution in [0.15, 0.2) is 33.5 Å². The summed E-state index contributed by atoms with van der Waals surface area (Å²) in [5.41, 5.74) is -0.506. The van der Waals surface area contributed by atoms with Crippen molar-refractivity contribution in [2.24, 2.45) is 0 Å². The Bertz CT molecular complexity index is 760. The van der Waals surface area contributed by atoms with Gasteiger partial charge in [-0.15, -0.1) is 0 Å². The van der Waals surface area contributed by atoms with E-state index in [1.807, 2.05) is 6.92 Å². The Morgan fingerprint density at radius 3 is 2.65 bits per heavy atom. The van der Waals surface area contributed by atoms with Crippen molar-refractivity contribution in [1.82, 2.24) is 0 Å². The summed E-state index contributed by atoms with van der Waals surface area (Å²) in [6, 6.07) is 6.12. The maximum atomic E-state index is 12.6. The van der Waals surface area contributed by atoms with Crippen molar-refractivity contribution in [1.29, 1.82) is 0 Å². The zero-order valence-electron chi connectivity index (χ0n) is 11.4. The van der Waals surface area contributed by atoms with Gasteiger partial charge in [0.1, 0.15) is 11.3 Å². The van der Waals surface area contributed by atoms with E-state index < -0.39 is 11.2 Å². The summed E-state index contributed by atoms with van der Waals surface area (Å²) in [6.07, 6.45) is -0.119. The highest BCUT2D eigenvalue weighted by atomic mass is 16.6. The number of hydrogen-bond donors (Lipinski definition) is 0. The predicted octanol–water partition coefficient (Wildman–Crippen LogP) is 2.16. The summed E-state index contributed by atoms with van der Waals surface area (Å²) in [4.78, 5) is 23.9. The van der Waals surface area contributed by atoms with E-state index in [1.54, 1.807) is 25.1 Å². The third-order valence-corrected chi connectivity index (χ3v) is 3.78. The van der Waals surface area contributed by atoms with Crippen LogP contribution in [0.25, 0.3) is 11.0 Å². The highest BCUT2D eigenvalue weighted by Crippen LogP contribution is 2.40. The van der Waals surface area contributed by atoms with E-state index in [0.29, 0.717) is 22.3 Å². The number of ketones is 1. The van der Waals surface area contributed by atoms with Crippen molar-refractivity contribution in [3.8, 4) is 5.75 Å². The molecule has 1 aromatic carbocycles. The van der Waals surface area contributed by atoms with Gasteiger partial charge in [0.25, 0.3) is 0 Å². The van der Waals surface area contributed by atoms with Crippen LogP contribution < -0.4 is 10.4 Å². The minimum Gasteiger partial charge on any atom is -0.497 e. The van der Waals surface area contributed by atoms with E-state index in [2.05, 4.69) is 0 Å². The van der Waals surface area contributed by atoms with Gasteiger partial charge in [0, 0.05) is 23.1 Å². The van der Waals surface area contributed by atoms with Crippen LogP contribution in [0.3, 0.4) is 0 Å². The normalized spacial score (nSPS) is 24.6. The maximum Gasteiger partial charge on any atom is 0.336 e. The summed E-state index contributed by atoms with van der Waals surface area (Å²) in [5, 5.41) is 0.583. The van der Waals surface area contributed by atoms with Gasteiger partial charge in [-0.1, -0.05) is 0 Å². The molecule has 1 aliphatic heterocycles. The van der Waals surface area contributed by atoms with Crippen LogP contribution in [0.4, 0.5) is 0 Å². The Labute approximate surface area is 115 Å². The van der Waals surface area contributed by atoms with Gasteiger partial charge < -0.3 is 13.9 Å². The van der Waals surface area contributed by atoms with Crippen LogP contribution in [0.1, 0.15) is 24.2 Å². The molecule has 2 heterocycles. The average molecular weight is 274 g/mol. The predicted molar refractivity (Wildman–Crippen MR) is 72.3 cm³/mol. The molecule has 1 aliphatic rings. The molecule has 5 nitrogen and oxygen atoms in total. The highest BCUT2D eigenvalue weighted by Gasteiger charge is 2.55. The molecule has 1 saturated heterocycles. The number of rotatable bonds is 3. The van der Waals surface area contributed by atoms with Gasteiger partial charge in [0.2, 0.25) is 0 Å². The second-order valence-electron chi connectivity index (χ2n) is 5.04. The molecule has 3 rings (SSSR count). The topological polar surface area (TPSA) is 69.0 Å². The SMILES string of the molecule is COc1cc(C(=O)C2(C)OC2C)c2ccc(=O)oc2c1. The summed E-state index contributed by atoms with van der Waals surface area (Å²) >= 11 is 0. The lowest BCUT2D eigenvalue weighted by Crippen LogP contribution is -2.23. The first kappa shape index (κ1) is 12.9. The lowest BCUT2D eigenvalue weighted by molar-refractivity contribution is 0.0889. The number of fused-ring (bicyclic) bond motifs is 1. The third kappa shape index (κ3) is 1.82. The van der Waals surface area contributed by atoms with E-state index in [9.17, 15) is 9.59 Å². The van der Waals surface area contributed by atoms with E-state index in [-0.39, 0.29) is 11.9 Å². The van der Waals surface area contributed by atoms with Crippen LogP contribution in [-0.2, 0) is 4.74 Å². The van der Waals surface area contributed by atoms with Gasteiger partial charge in [-0.2, -0.15) is 0 Å². The zero-order chi connectivity index (χ0) is 14.5. The first-order valence-corrected chi connectivity index (χ1v) is 6.30. The van der Waals surface area contributed by atoms with Gasteiger partial charge >= 0.3 is 5.63 Å². The molecular weight excluding hydrogens is 260 g/mol. The fourth-order valence-electron chi connectivity index (χ4n) is 2.30. The fraction of sp³-hybridized carbons (Fsp3) is 0.333. The molecule has 0 N–H and O–H groups in total. The smallest absolute Gasteiger partial charge is 0.336 e. The van der Waals surface area contributed by atoms with Crippen molar-refractivity contribution >= 4 is 16.8 Å². The lowest BCUT2D eigenvalue weighted by Gasteiger charge is -2.10. The van der Waals surface area contributed by atoms with Crippen molar-refractivity contribution in [3.05, 3.63) is 40.2 Å². The Morgan fingerprint density at radius 1 is 1.35 bits per heavy atom. The molecule has 0 spiro atoms. The Hall–Kier alpha value is -2.14. The van der Waals surface area contributed by atoms with Crippen molar-refractivity contribution in [3.63, 3.8) is 0 Å². The second-order valence-corrected chi connectivity index (χ2v) is 5.04. The van der Waals surface area contributed by atoms with Crippen LogP contribution in [-0.4, -0.2) is 24.6 Å². The minimum absolute atomic E-state index is 0.119. The zero-order valence-corrected chi connectivity index (χ0v) is 11.4. The number of Topliss-reactive ketones (excluding diaryl/α,β-unsaturated/α-hetero) is 1. The lowest BCUT2D eigenvalue weighted by atomic mass is 9.94. The molecule has 0 radical (unpaired) electrons. The third-order valence-electron chi connectivity index (χ3n) is 3.78. The monoisotopic (exact) mass is 274 g/mol. The van der Waals surface area contributed by atoms with E-state index in [0.717, 1.165) is 0 Å². The molecule has 0 aliphatic carbocycles. The molecule has 2 unspecified atom stereocenters. The molecule has 2 atom stereocenters. The number of ether oxygens (including phenoxy) is 2. The number of methoxy groups -OCH3 is 1. The molecule has 0 bridgehead atoms. The van der Waals surface area contributed by atoms with Crippen molar-refractivity contribution < 1.29 is 18.7 Å². The van der Waals surface area contributed by atoms with E-state index in [4.69, 9.17) is 13.9 Å². The Kier molecular flexibility index (Phi) is 2.69. The van der Waals surface area contributed by atoms with Crippen LogP contribution in [0.5, 0.6) is 5.75 Å². The number of benzene rings is 1. The van der Waals surface area contributed by atoms with E-state index >= 15 is 0 Å². The molecule has 0 saturated carbocycles. The standard InChI is InChI=1S/C15H14O5/c1-8-15(2,20-8)14(17)11-6-9(18-3)7-12-10(11)4-5-13(16)19-12/h4-8H,1-3H3. The number of epoxide rings is 1. The molecule has 1 fully saturated rings. The van der Waals surface area contributed by atoms with Crippen LogP contribution >= 0.6 is 0 Å². The van der Waals surface area contributed by atoms with Gasteiger partial charge in [-0.3, -0.25) is 4.79 Å². The molecule has 2 aromatic rings. The van der Waals surface area contributed by atoms with Gasteiger partial charge in [0.15, 0.2) is 11.4 Å². The molecular formula is C15H14O5. The van der Waals surface area contributed by atoms with Gasteiger partial charge in [-0.25, -0.2) is 4.79 Å². The number of carbonyl (C=O) groups excluding carboxylic acids is 1. The van der Waals surface area contributed by atoms with Crippen molar-refractivity contribution in [2.45, 2.75) is 25.6 Å². The van der Waals surface area contributed by atoms with E-state index in [1.165, 1.54) is 13.2 Å². The number of hydrogen-bond acceptors (Lipinski definition) is 5.